The number of aromatic nitrogens is 4. The van der Waals surface area contributed by atoms with Crippen molar-refractivity contribution < 1.29 is 49.0 Å². The van der Waals surface area contributed by atoms with Crippen LogP contribution in [0.3, 0.4) is 0 Å². The predicted molar refractivity (Wildman–Crippen MR) is 161 cm³/mol. The van der Waals surface area contributed by atoms with Gasteiger partial charge in [0.05, 0.1) is 24.2 Å². The summed E-state index contributed by atoms with van der Waals surface area (Å²) in [5, 5.41) is 11.9. The van der Waals surface area contributed by atoms with E-state index in [4.69, 9.17) is 0 Å². The molecule has 1 aromatic heterocycles. The number of anilines is 2. The van der Waals surface area contributed by atoms with Crippen molar-refractivity contribution in [3.05, 3.63) is 58.7 Å². The number of nitrogens with zero attached hydrogens (tertiary/aromatic N) is 6. The second-order valence-electron chi connectivity index (χ2n) is 12.0. The van der Waals surface area contributed by atoms with Gasteiger partial charge < -0.3 is 14.5 Å². The van der Waals surface area contributed by atoms with Crippen LogP contribution in [-0.4, -0.2) is 38.5 Å². The molecule has 0 bridgehead atoms. The molecule has 0 saturated carbocycles. The average Bonchev–Trinajstić information content (AvgIpc) is 3.44. The van der Waals surface area contributed by atoms with Gasteiger partial charge in [0.2, 0.25) is 5.91 Å². The summed E-state index contributed by atoms with van der Waals surface area (Å²) >= 11 is 0. The van der Waals surface area contributed by atoms with Gasteiger partial charge in [-0.3, -0.25) is 4.79 Å². The van der Waals surface area contributed by atoms with E-state index in [1.165, 1.54) is 22.9 Å². The molecule has 1 aliphatic heterocycles. The zero-order valence-electron chi connectivity index (χ0n) is 27.1. The van der Waals surface area contributed by atoms with Crippen LogP contribution in [0.5, 0.6) is 5.75 Å². The highest BCUT2D eigenvalue weighted by Gasteiger charge is 2.41. The SMILES string of the molecule is CCCCCCCCC(=O)N1c2ccc(OC(F)(F)F)cc2C(N(Cc2cc(C(F)(F)F)cc(C(F)(F)F)c2)c2nnn(C)n2)CC1CC. The lowest BCUT2D eigenvalue weighted by Gasteiger charge is -2.44. The zero-order chi connectivity index (χ0) is 36.1. The van der Waals surface area contributed by atoms with Crippen molar-refractivity contribution in [2.75, 3.05) is 9.80 Å². The van der Waals surface area contributed by atoms with Crippen molar-refractivity contribution in [2.45, 2.75) is 109 Å². The summed E-state index contributed by atoms with van der Waals surface area (Å²) in [5.74, 6) is -1.09. The first-order chi connectivity index (χ1) is 22.9. The van der Waals surface area contributed by atoms with Crippen LogP contribution in [0.25, 0.3) is 0 Å². The van der Waals surface area contributed by atoms with Gasteiger partial charge in [-0.2, -0.15) is 31.1 Å². The van der Waals surface area contributed by atoms with Crippen molar-refractivity contribution in [3.63, 3.8) is 0 Å². The Hall–Kier alpha value is -4.05. The summed E-state index contributed by atoms with van der Waals surface area (Å²) in [6, 6.07) is 3.01. The van der Waals surface area contributed by atoms with E-state index in [1.54, 1.807) is 6.92 Å². The van der Waals surface area contributed by atoms with E-state index in [9.17, 15) is 44.3 Å². The highest BCUT2D eigenvalue weighted by molar-refractivity contribution is 5.95. The number of hydrogen-bond acceptors (Lipinski definition) is 6. The Labute approximate surface area is 277 Å². The molecule has 49 heavy (non-hydrogen) atoms. The molecule has 4 rings (SSSR count). The lowest BCUT2D eigenvalue weighted by Crippen LogP contribution is -2.47. The third kappa shape index (κ3) is 9.78. The van der Waals surface area contributed by atoms with Gasteiger partial charge >= 0.3 is 18.7 Å². The molecule has 1 aliphatic rings. The largest absolute Gasteiger partial charge is 0.573 e. The minimum atomic E-state index is -5.11. The molecule has 0 saturated heterocycles. The Morgan fingerprint density at radius 3 is 2.08 bits per heavy atom. The van der Waals surface area contributed by atoms with Crippen LogP contribution in [0, 0.1) is 0 Å². The van der Waals surface area contributed by atoms with Crippen molar-refractivity contribution in [2.24, 2.45) is 7.05 Å². The first kappa shape index (κ1) is 37.8. The number of carbonyl (C=O) groups excluding carboxylic acids is 1. The summed E-state index contributed by atoms with van der Waals surface area (Å²) in [7, 11) is 1.39. The van der Waals surface area contributed by atoms with Crippen LogP contribution < -0.4 is 14.5 Å². The van der Waals surface area contributed by atoms with Crippen molar-refractivity contribution in [3.8, 4) is 5.75 Å². The number of aryl methyl sites for hydroxylation is 1. The number of amides is 1. The van der Waals surface area contributed by atoms with Gasteiger partial charge in [-0.1, -0.05) is 51.1 Å². The molecule has 2 heterocycles. The number of halogens is 9. The maximum Gasteiger partial charge on any atom is 0.573 e. The van der Waals surface area contributed by atoms with Gasteiger partial charge in [-0.05, 0) is 66.4 Å². The maximum absolute atomic E-state index is 13.8. The van der Waals surface area contributed by atoms with Crippen LogP contribution in [0.1, 0.15) is 99.9 Å². The number of benzene rings is 2. The highest BCUT2D eigenvalue weighted by atomic mass is 19.4. The van der Waals surface area contributed by atoms with Crippen molar-refractivity contribution in [1.82, 2.24) is 20.2 Å². The smallest absolute Gasteiger partial charge is 0.406 e. The first-order valence-electron chi connectivity index (χ1n) is 15.9. The molecule has 0 N–H and O–H groups in total. The lowest BCUT2D eigenvalue weighted by molar-refractivity contribution is -0.274. The number of hydrogen-bond donors (Lipinski definition) is 0. The van der Waals surface area contributed by atoms with Crippen molar-refractivity contribution >= 4 is 17.5 Å². The number of carbonyl (C=O) groups is 1. The predicted octanol–water partition coefficient (Wildman–Crippen LogP) is 9.16. The number of rotatable bonds is 13. The minimum absolute atomic E-state index is 0.00544. The minimum Gasteiger partial charge on any atom is -0.406 e. The summed E-state index contributed by atoms with van der Waals surface area (Å²) < 4.78 is 127. The quantitative estimate of drug-likeness (QED) is 0.130. The normalized spacial score (nSPS) is 16.9. The molecule has 0 radical (unpaired) electrons. The number of fused-ring (bicyclic) bond motifs is 1. The number of tetrazole rings is 1. The van der Waals surface area contributed by atoms with Crippen molar-refractivity contribution in [1.29, 1.82) is 0 Å². The van der Waals surface area contributed by atoms with Gasteiger partial charge in [0.1, 0.15) is 5.75 Å². The average molecular weight is 709 g/mol. The van der Waals surface area contributed by atoms with E-state index in [0.717, 1.165) is 49.0 Å². The fourth-order valence-electron chi connectivity index (χ4n) is 6.08. The third-order valence-corrected chi connectivity index (χ3v) is 8.33. The molecule has 2 atom stereocenters. The van der Waals surface area contributed by atoms with Crippen LogP contribution >= 0.6 is 0 Å². The number of alkyl halides is 9. The molecule has 2 unspecified atom stereocenters. The van der Waals surface area contributed by atoms with Gasteiger partial charge in [0.15, 0.2) is 0 Å². The molecule has 3 aromatic rings. The Morgan fingerprint density at radius 1 is 0.898 bits per heavy atom. The molecule has 0 spiro atoms. The zero-order valence-corrected chi connectivity index (χ0v) is 27.1. The molecule has 270 valence electrons. The van der Waals surface area contributed by atoms with E-state index in [-0.39, 0.29) is 42.0 Å². The van der Waals surface area contributed by atoms with Crippen LogP contribution in [0.15, 0.2) is 36.4 Å². The topological polar surface area (TPSA) is 76.4 Å². The van der Waals surface area contributed by atoms with E-state index in [1.807, 2.05) is 0 Å². The van der Waals surface area contributed by atoms with Gasteiger partial charge in [0.25, 0.3) is 5.95 Å². The summed E-state index contributed by atoms with van der Waals surface area (Å²) in [6.45, 7) is 3.27. The Morgan fingerprint density at radius 2 is 1.53 bits per heavy atom. The van der Waals surface area contributed by atoms with E-state index in [2.05, 4.69) is 27.1 Å². The third-order valence-electron chi connectivity index (χ3n) is 8.33. The molecular weight excluding hydrogens is 671 g/mol. The molecule has 2 aromatic carbocycles. The molecule has 17 heteroatoms. The number of ether oxygens (including phenoxy) is 1. The summed E-state index contributed by atoms with van der Waals surface area (Å²) in [4.78, 5) is 17.5. The number of unbranched alkanes of at least 4 members (excludes halogenated alkanes) is 5. The van der Waals surface area contributed by atoms with E-state index in [0.29, 0.717) is 25.0 Å². The monoisotopic (exact) mass is 708 g/mol. The first-order valence-corrected chi connectivity index (χ1v) is 15.9. The Balaban J connectivity index is 1.82. The molecule has 8 nitrogen and oxygen atoms in total. The molecule has 0 aliphatic carbocycles. The van der Waals surface area contributed by atoms with Crippen LogP contribution in [0.4, 0.5) is 51.1 Å². The van der Waals surface area contributed by atoms with Crippen LogP contribution in [0.2, 0.25) is 0 Å². The van der Waals surface area contributed by atoms with Gasteiger partial charge in [0, 0.05) is 30.3 Å². The summed E-state index contributed by atoms with van der Waals surface area (Å²) in [6.07, 6.45) is -9.21. The Bertz CT molecular complexity index is 1540. The fourth-order valence-corrected chi connectivity index (χ4v) is 6.08. The molecular formula is C32H37F9N6O2. The standard InChI is InChI=1S/C32H37F9N6O2/c1-4-6-7-8-9-10-11-28(48)47-23(5-2)17-27(25-18-24(12-13-26(25)47)49-32(39,40)41)46(29-42-44-45(3)43-29)19-20-14-21(30(33,34)35)16-22(15-20)31(36,37)38/h12-16,18,23,27H,4-11,17,19H2,1-3H3. The molecule has 0 fully saturated rings. The lowest BCUT2D eigenvalue weighted by atomic mass is 9.87. The highest BCUT2D eigenvalue weighted by Crippen LogP contribution is 2.46. The van der Waals surface area contributed by atoms with Gasteiger partial charge in [-0.15, -0.1) is 18.3 Å². The van der Waals surface area contributed by atoms with E-state index >= 15 is 0 Å². The summed E-state index contributed by atoms with van der Waals surface area (Å²) in [5.41, 5.74) is -3.12. The maximum atomic E-state index is 13.8. The second kappa shape index (κ2) is 15.2. The van der Waals surface area contributed by atoms with Crippen LogP contribution in [-0.2, 0) is 30.7 Å². The van der Waals surface area contributed by atoms with Gasteiger partial charge in [-0.25, -0.2) is 0 Å². The Kier molecular flexibility index (Phi) is 11.7. The molecule has 1 amide bonds. The van der Waals surface area contributed by atoms with E-state index < -0.39 is 59.8 Å². The fraction of sp³-hybridized carbons (Fsp3) is 0.562. The second-order valence-corrected chi connectivity index (χ2v) is 12.0.